The molecule has 1 aromatic carbocycles. The van der Waals surface area contributed by atoms with Crippen LogP contribution < -0.4 is 9.46 Å². The number of hydrogen-bond donors (Lipinski definition) is 1. The summed E-state index contributed by atoms with van der Waals surface area (Å²) in [5.74, 6) is 0.676. The van der Waals surface area contributed by atoms with Crippen LogP contribution in [0.15, 0.2) is 52.0 Å². The lowest BCUT2D eigenvalue weighted by Crippen LogP contribution is -2.27. The van der Waals surface area contributed by atoms with Crippen LogP contribution in [0.4, 0.5) is 0 Å². The molecule has 1 amide bonds. The quantitative estimate of drug-likeness (QED) is 0.748. The minimum atomic E-state index is -3.68. The number of likely N-dealkylation sites (N-methyl/N-ethyl adjacent to an activating group) is 1. The molecule has 0 aliphatic heterocycles. The number of benzene rings is 1. The lowest BCUT2D eigenvalue weighted by atomic mass is 10.2. The van der Waals surface area contributed by atoms with Crippen molar-refractivity contribution < 1.29 is 22.4 Å². The van der Waals surface area contributed by atoms with Crippen molar-refractivity contribution in [2.45, 2.75) is 17.9 Å². The predicted octanol–water partition coefficient (Wildman–Crippen LogP) is 2.43. The number of carbonyl (C=O) groups is 1. The van der Waals surface area contributed by atoms with E-state index in [1.807, 2.05) is 6.92 Å². The van der Waals surface area contributed by atoms with Crippen LogP contribution in [0.25, 0.3) is 6.08 Å². The molecule has 1 N–H and O–H groups in total. The van der Waals surface area contributed by atoms with Gasteiger partial charge in [-0.1, -0.05) is 6.07 Å². The molecule has 2 rings (SSSR count). The Hall–Kier alpha value is -2.58. The van der Waals surface area contributed by atoms with Crippen molar-refractivity contribution in [2.24, 2.45) is 0 Å². The summed E-state index contributed by atoms with van der Waals surface area (Å²) in [6.45, 7) is 1.86. The summed E-state index contributed by atoms with van der Waals surface area (Å²) in [5, 5.41) is 0. The Bertz CT molecular complexity index is 888. The summed E-state index contributed by atoms with van der Waals surface area (Å²) in [5.41, 5.74) is 0.562. The van der Waals surface area contributed by atoms with Gasteiger partial charge in [0, 0.05) is 13.1 Å². The van der Waals surface area contributed by atoms with Gasteiger partial charge in [-0.3, -0.25) is 4.79 Å². The van der Waals surface area contributed by atoms with Crippen molar-refractivity contribution >= 4 is 22.0 Å². The normalized spacial score (nSPS) is 12.9. The molecule has 0 radical (unpaired) electrons. The lowest BCUT2D eigenvalue weighted by Gasteiger charge is -2.21. The van der Waals surface area contributed by atoms with Gasteiger partial charge in [-0.05, 0) is 49.9 Å². The highest BCUT2D eigenvalue weighted by Crippen LogP contribution is 2.25. The predicted molar refractivity (Wildman–Crippen MR) is 98.2 cm³/mol. The van der Waals surface area contributed by atoms with Gasteiger partial charge in [-0.15, -0.1) is 0 Å². The first-order valence-corrected chi connectivity index (χ1v) is 9.38. The van der Waals surface area contributed by atoms with E-state index in [-0.39, 0.29) is 22.6 Å². The fraction of sp³-hybridized carbons (Fsp3) is 0.278. The van der Waals surface area contributed by atoms with E-state index in [0.717, 1.165) is 0 Å². The Morgan fingerprint density at radius 1 is 1.35 bits per heavy atom. The zero-order valence-corrected chi connectivity index (χ0v) is 15.9. The number of nitrogens with one attached hydrogen (secondary N) is 1. The summed E-state index contributed by atoms with van der Waals surface area (Å²) in [7, 11) is 0.715. The molecule has 0 bridgehead atoms. The maximum atomic E-state index is 12.4. The van der Waals surface area contributed by atoms with Crippen molar-refractivity contribution in [3.63, 3.8) is 0 Å². The van der Waals surface area contributed by atoms with Gasteiger partial charge in [0.15, 0.2) is 0 Å². The molecule has 140 valence electrons. The summed E-state index contributed by atoms with van der Waals surface area (Å²) in [4.78, 5) is 13.9. The zero-order valence-electron chi connectivity index (χ0n) is 15.1. The summed E-state index contributed by atoms with van der Waals surface area (Å²) in [6.07, 6.45) is 4.50. The minimum Gasteiger partial charge on any atom is -0.495 e. The summed E-state index contributed by atoms with van der Waals surface area (Å²) < 4.78 is 36.9. The first-order valence-electron chi connectivity index (χ1n) is 7.90. The van der Waals surface area contributed by atoms with E-state index in [4.69, 9.17) is 9.15 Å². The maximum Gasteiger partial charge on any atom is 0.246 e. The SMILES string of the molecule is CNS(=O)(=O)c1cc(/C=C/C(=O)N(C)C(C)c2ccco2)ccc1OC. The van der Waals surface area contributed by atoms with Gasteiger partial charge in [-0.25, -0.2) is 13.1 Å². The summed E-state index contributed by atoms with van der Waals surface area (Å²) in [6, 6.07) is 8.01. The van der Waals surface area contributed by atoms with Gasteiger partial charge in [-0.2, -0.15) is 0 Å². The van der Waals surface area contributed by atoms with Gasteiger partial charge < -0.3 is 14.1 Å². The molecule has 0 fully saturated rings. The second-order valence-corrected chi connectivity index (χ2v) is 7.45. The van der Waals surface area contributed by atoms with Crippen molar-refractivity contribution in [2.75, 3.05) is 21.2 Å². The molecule has 1 atom stereocenters. The Kier molecular flexibility index (Phi) is 6.23. The highest BCUT2D eigenvalue weighted by atomic mass is 32.2. The first kappa shape index (κ1) is 19.7. The van der Waals surface area contributed by atoms with Crippen molar-refractivity contribution in [3.8, 4) is 5.75 Å². The number of amides is 1. The summed E-state index contributed by atoms with van der Waals surface area (Å²) >= 11 is 0. The molecular formula is C18H22N2O5S. The van der Waals surface area contributed by atoms with Gasteiger partial charge >= 0.3 is 0 Å². The largest absolute Gasteiger partial charge is 0.495 e. The molecule has 2 aromatic rings. The van der Waals surface area contributed by atoms with Crippen LogP contribution in [0.5, 0.6) is 5.75 Å². The van der Waals surface area contributed by atoms with Crippen LogP contribution in [0, 0.1) is 0 Å². The van der Waals surface area contributed by atoms with E-state index < -0.39 is 10.0 Å². The second-order valence-electron chi connectivity index (χ2n) is 5.59. The number of sulfonamides is 1. The standard InChI is InChI=1S/C18H22N2O5S/c1-13(15-6-5-11-25-15)20(3)18(21)10-8-14-7-9-16(24-4)17(12-14)26(22,23)19-2/h5-13,19H,1-4H3/b10-8+. The third-order valence-corrected chi connectivity index (χ3v) is 5.48. The van der Waals surface area contributed by atoms with E-state index >= 15 is 0 Å². The Balaban J connectivity index is 2.22. The number of furan rings is 1. The molecule has 7 nitrogen and oxygen atoms in total. The molecule has 26 heavy (non-hydrogen) atoms. The fourth-order valence-electron chi connectivity index (χ4n) is 2.31. The van der Waals surface area contributed by atoms with Crippen LogP contribution in [-0.2, 0) is 14.8 Å². The molecule has 1 aromatic heterocycles. The number of rotatable bonds is 7. The molecule has 1 heterocycles. The van der Waals surface area contributed by atoms with Crippen LogP contribution in [0.1, 0.15) is 24.3 Å². The Morgan fingerprint density at radius 3 is 2.65 bits per heavy atom. The molecule has 0 spiro atoms. The van der Waals surface area contributed by atoms with Crippen LogP contribution >= 0.6 is 0 Å². The molecule has 0 aliphatic rings. The van der Waals surface area contributed by atoms with Crippen LogP contribution in [0.2, 0.25) is 0 Å². The molecule has 8 heteroatoms. The second kappa shape index (κ2) is 8.20. The average Bonchev–Trinajstić information content (AvgIpc) is 3.19. The van der Waals surface area contributed by atoms with Gasteiger partial charge in [0.05, 0.1) is 19.4 Å². The van der Waals surface area contributed by atoms with Crippen molar-refractivity contribution in [3.05, 3.63) is 54.0 Å². The highest BCUT2D eigenvalue weighted by molar-refractivity contribution is 7.89. The van der Waals surface area contributed by atoms with Crippen LogP contribution in [-0.4, -0.2) is 40.4 Å². The van der Waals surface area contributed by atoms with E-state index in [9.17, 15) is 13.2 Å². The Labute approximate surface area is 153 Å². The van der Waals surface area contributed by atoms with E-state index in [0.29, 0.717) is 11.3 Å². The van der Waals surface area contributed by atoms with E-state index in [2.05, 4.69) is 4.72 Å². The lowest BCUT2D eigenvalue weighted by molar-refractivity contribution is -0.126. The molecule has 0 saturated heterocycles. The number of nitrogens with zero attached hydrogens (tertiary/aromatic N) is 1. The molecule has 0 saturated carbocycles. The smallest absolute Gasteiger partial charge is 0.246 e. The van der Waals surface area contributed by atoms with Gasteiger partial charge in [0.2, 0.25) is 15.9 Å². The first-order chi connectivity index (χ1) is 12.3. The number of carbonyl (C=O) groups excluding carboxylic acids is 1. The number of methoxy groups -OCH3 is 1. The molecular weight excluding hydrogens is 356 g/mol. The van der Waals surface area contributed by atoms with Crippen LogP contribution in [0.3, 0.4) is 0 Å². The Morgan fingerprint density at radius 2 is 2.08 bits per heavy atom. The minimum absolute atomic E-state index is 0.00871. The number of ether oxygens (including phenoxy) is 1. The molecule has 0 aliphatic carbocycles. The number of hydrogen-bond acceptors (Lipinski definition) is 5. The average molecular weight is 378 g/mol. The topological polar surface area (TPSA) is 88.9 Å². The van der Waals surface area contributed by atoms with E-state index in [1.54, 1.807) is 43.7 Å². The zero-order chi connectivity index (χ0) is 19.3. The highest BCUT2D eigenvalue weighted by Gasteiger charge is 2.19. The third kappa shape index (κ3) is 4.33. The van der Waals surface area contributed by atoms with Gasteiger partial charge in [0.25, 0.3) is 0 Å². The monoisotopic (exact) mass is 378 g/mol. The van der Waals surface area contributed by atoms with E-state index in [1.165, 1.54) is 31.2 Å². The van der Waals surface area contributed by atoms with Gasteiger partial charge in [0.1, 0.15) is 16.4 Å². The van der Waals surface area contributed by atoms with Crippen molar-refractivity contribution in [1.29, 1.82) is 0 Å². The molecule has 1 unspecified atom stereocenters. The third-order valence-electron chi connectivity index (χ3n) is 4.05. The fourth-order valence-corrected chi connectivity index (χ4v) is 3.24. The van der Waals surface area contributed by atoms with Crippen molar-refractivity contribution in [1.82, 2.24) is 9.62 Å². The maximum absolute atomic E-state index is 12.4.